The number of ether oxygens (including phenoxy) is 1. The summed E-state index contributed by atoms with van der Waals surface area (Å²) in [6.07, 6.45) is 0. The molecule has 0 fully saturated rings. The summed E-state index contributed by atoms with van der Waals surface area (Å²) in [7, 11) is 1.84. The largest absolute Gasteiger partial charge is 0.491 e. The number of hydrogen-bond donors (Lipinski definition) is 1. The molecule has 0 unspecified atom stereocenters. The minimum absolute atomic E-state index is 0.289. The Bertz CT molecular complexity index is 280. The zero-order valence-electron chi connectivity index (χ0n) is 7.31. The number of nitrogens with one attached hydrogen (secondary N) is 1. The van der Waals surface area contributed by atoms with Crippen molar-refractivity contribution in [2.75, 3.05) is 20.2 Å². The molecule has 0 amide bonds. The van der Waals surface area contributed by atoms with Gasteiger partial charge < -0.3 is 10.1 Å². The van der Waals surface area contributed by atoms with Crippen LogP contribution in [0, 0.1) is 5.82 Å². The maximum Gasteiger partial charge on any atom is 0.136 e. The minimum Gasteiger partial charge on any atom is -0.491 e. The Morgan fingerprint density at radius 3 is 3.00 bits per heavy atom. The molecule has 1 rings (SSSR count). The van der Waals surface area contributed by atoms with Crippen molar-refractivity contribution in [3.63, 3.8) is 0 Å². The van der Waals surface area contributed by atoms with Crippen LogP contribution in [-0.4, -0.2) is 20.2 Å². The van der Waals surface area contributed by atoms with Gasteiger partial charge in [0.25, 0.3) is 0 Å². The lowest BCUT2D eigenvalue weighted by atomic mass is 10.3. The van der Waals surface area contributed by atoms with Crippen molar-refractivity contribution >= 4 is 15.9 Å². The van der Waals surface area contributed by atoms with Crippen LogP contribution in [0.25, 0.3) is 0 Å². The third-order valence-electron chi connectivity index (χ3n) is 1.50. The first kappa shape index (κ1) is 10.5. The number of benzene rings is 1. The van der Waals surface area contributed by atoms with Gasteiger partial charge in [-0.3, -0.25) is 0 Å². The highest BCUT2D eigenvalue weighted by Gasteiger charge is 2.01. The van der Waals surface area contributed by atoms with E-state index in [-0.39, 0.29) is 5.82 Å². The van der Waals surface area contributed by atoms with Gasteiger partial charge in [-0.1, -0.05) is 0 Å². The molecule has 13 heavy (non-hydrogen) atoms. The molecule has 0 aromatic heterocycles. The third kappa shape index (κ3) is 3.32. The number of hydrogen-bond acceptors (Lipinski definition) is 2. The monoisotopic (exact) mass is 247 g/mol. The summed E-state index contributed by atoms with van der Waals surface area (Å²) in [5.41, 5.74) is 0. The SMILES string of the molecule is CNCCOc1cc(F)ccc1Br. The molecular formula is C9H11BrFNO. The van der Waals surface area contributed by atoms with Crippen molar-refractivity contribution in [2.45, 2.75) is 0 Å². The summed E-state index contributed by atoms with van der Waals surface area (Å²) in [5.74, 6) is 0.248. The molecule has 4 heteroatoms. The maximum atomic E-state index is 12.7. The van der Waals surface area contributed by atoms with E-state index >= 15 is 0 Å². The highest BCUT2D eigenvalue weighted by Crippen LogP contribution is 2.25. The fraction of sp³-hybridized carbons (Fsp3) is 0.333. The van der Waals surface area contributed by atoms with Crippen LogP contribution in [0.1, 0.15) is 0 Å². The standard InChI is InChI=1S/C9H11BrFNO/c1-12-4-5-13-9-6-7(11)2-3-8(9)10/h2-3,6,12H,4-5H2,1H3. The minimum atomic E-state index is -0.289. The van der Waals surface area contributed by atoms with Gasteiger partial charge in [0.05, 0.1) is 4.47 Å². The van der Waals surface area contributed by atoms with E-state index in [1.165, 1.54) is 12.1 Å². The molecule has 0 saturated carbocycles. The number of halogens is 2. The first-order chi connectivity index (χ1) is 6.24. The summed E-state index contributed by atoms with van der Waals surface area (Å²) in [5, 5.41) is 2.94. The average molecular weight is 248 g/mol. The predicted molar refractivity (Wildman–Crippen MR) is 53.5 cm³/mol. The highest BCUT2D eigenvalue weighted by molar-refractivity contribution is 9.10. The molecule has 0 heterocycles. The van der Waals surface area contributed by atoms with Gasteiger partial charge in [0.15, 0.2) is 0 Å². The fourth-order valence-corrected chi connectivity index (χ4v) is 1.21. The molecule has 0 bridgehead atoms. The summed E-state index contributed by atoms with van der Waals surface area (Å²) < 4.78 is 18.8. The fourth-order valence-electron chi connectivity index (χ4n) is 0.851. The predicted octanol–water partition coefficient (Wildman–Crippen LogP) is 2.19. The maximum absolute atomic E-state index is 12.7. The smallest absolute Gasteiger partial charge is 0.136 e. The van der Waals surface area contributed by atoms with E-state index in [9.17, 15) is 4.39 Å². The second-order valence-corrected chi connectivity index (χ2v) is 3.38. The lowest BCUT2D eigenvalue weighted by Crippen LogP contribution is -2.16. The molecule has 0 aliphatic rings. The molecular weight excluding hydrogens is 237 g/mol. The summed E-state index contributed by atoms with van der Waals surface area (Å²) in [6.45, 7) is 1.27. The molecule has 1 N–H and O–H groups in total. The van der Waals surface area contributed by atoms with E-state index in [2.05, 4.69) is 21.2 Å². The Balaban J connectivity index is 2.59. The second kappa shape index (κ2) is 5.19. The second-order valence-electron chi connectivity index (χ2n) is 2.53. The molecule has 0 saturated heterocycles. The van der Waals surface area contributed by atoms with E-state index in [1.54, 1.807) is 6.07 Å². The van der Waals surface area contributed by atoms with Crippen molar-refractivity contribution in [2.24, 2.45) is 0 Å². The van der Waals surface area contributed by atoms with Crippen LogP contribution >= 0.6 is 15.9 Å². The van der Waals surface area contributed by atoms with E-state index in [0.717, 1.165) is 11.0 Å². The van der Waals surface area contributed by atoms with Gasteiger partial charge in [0, 0.05) is 12.6 Å². The van der Waals surface area contributed by atoms with E-state index in [4.69, 9.17) is 4.74 Å². The Morgan fingerprint density at radius 1 is 1.54 bits per heavy atom. The quantitative estimate of drug-likeness (QED) is 0.824. The molecule has 0 radical (unpaired) electrons. The molecule has 0 aliphatic heterocycles. The van der Waals surface area contributed by atoms with Crippen LogP contribution in [0.2, 0.25) is 0 Å². The van der Waals surface area contributed by atoms with Crippen molar-refractivity contribution < 1.29 is 9.13 Å². The molecule has 0 atom stereocenters. The van der Waals surface area contributed by atoms with Crippen molar-refractivity contribution in [3.05, 3.63) is 28.5 Å². The lowest BCUT2D eigenvalue weighted by Gasteiger charge is -2.07. The zero-order valence-corrected chi connectivity index (χ0v) is 8.90. The number of likely N-dealkylation sites (N-methyl/N-ethyl adjacent to an activating group) is 1. The number of rotatable bonds is 4. The molecule has 1 aromatic carbocycles. The van der Waals surface area contributed by atoms with E-state index in [0.29, 0.717) is 12.4 Å². The zero-order chi connectivity index (χ0) is 9.68. The van der Waals surface area contributed by atoms with E-state index < -0.39 is 0 Å². The first-order valence-corrected chi connectivity index (χ1v) is 4.76. The van der Waals surface area contributed by atoms with E-state index in [1.807, 2.05) is 7.05 Å². The van der Waals surface area contributed by atoms with Crippen molar-refractivity contribution in [3.8, 4) is 5.75 Å². The van der Waals surface area contributed by atoms with Crippen LogP contribution in [-0.2, 0) is 0 Å². The Kier molecular flexibility index (Phi) is 4.18. The molecule has 1 aromatic rings. The molecule has 0 spiro atoms. The van der Waals surface area contributed by atoms with Gasteiger partial charge >= 0.3 is 0 Å². The normalized spacial score (nSPS) is 10.1. The van der Waals surface area contributed by atoms with Gasteiger partial charge in [-0.15, -0.1) is 0 Å². The Morgan fingerprint density at radius 2 is 2.31 bits per heavy atom. The Labute approximate surface area is 85.2 Å². The topological polar surface area (TPSA) is 21.3 Å². The lowest BCUT2D eigenvalue weighted by molar-refractivity contribution is 0.315. The van der Waals surface area contributed by atoms with Gasteiger partial charge in [0.1, 0.15) is 18.2 Å². The molecule has 72 valence electrons. The van der Waals surface area contributed by atoms with Crippen LogP contribution in [0.15, 0.2) is 22.7 Å². The van der Waals surface area contributed by atoms with Gasteiger partial charge in [0.2, 0.25) is 0 Å². The summed E-state index contributed by atoms with van der Waals surface area (Å²) in [4.78, 5) is 0. The average Bonchev–Trinajstić information content (AvgIpc) is 2.11. The van der Waals surface area contributed by atoms with Gasteiger partial charge in [-0.05, 0) is 35.1 Å². The van der Waals surface area contributed by atoms with Crippen LogP contribution in [0.4, 0.5) is 4.39 Å². The third-order valence-corrected chi connectivity index (χ3v) is 2.16. The first-order valence-electron chi connectivity index (χ1n) is 3.96. The van der Waals surface area contributed by atoms with Gasteiger partial charge in [-0.25, -0.2) is 4.39 Å². The van der Waals surface area contributed by atoms with Crippen LogP contribution < -0.4 is 10.1 Å². The van der Waals surface area contributed by atoms with Crippen molar-refractivity contribution in [1.82, 2.24) is 5.32 Å². The summed E-state index contributed by atoms with van der Waals surface area (Å²) in [6, 6.07) is 4.37. The van der Waals surface area contributed by atoms with Crippen molar-refractivity contribution in [1.29, 1.82) is 0 Å². The molecule has 2 nitrogen and oxygen atoms in total. The van der Waals surface area contributed by atoms with Crippen LogP contribution in [0.3, 0.4) is 0 Å². The van der Waals surface area contributed by atoms with Crippen LogP contribution in [0.5, 0.6) is 5.75 Å². The van der Waals surface area contributed by atoms with Gasteiger partial charge in [-0.2, -0.15) is 0 Å². The Hall–Kier alpha value is -0.610. The molecule has 0 aliphatic carbocycles. The summed E-state index contributed by atoms with van der Waals surface area (Å²) >= 11 is 3.27. The highest BCUT2D eigenvalue weighted by atomic mass is 79.9.